The van der Waals surface area contributed by atoms with E-state index in [2.05, 4.69) is 13.0 Å². The molecule has 2 aliphatic heterocycles. The second-order valence-corrected chi connectivity index (χ2v) is 6.34. The predicted octanol–water partition coefficient (Wildman–Crippen LogP) is 2.38. The molecule has 0 amide bonds. The van der Waals surface area contributed by atoms with Gasteiger partial charge in [-0.25, -0.2) is 0 Å². The Hall–Kier alpha value is -0.910. The Kier molecular flexibility index (Phi) is 6.86. The Bertz CT molecular complexity index is 381. The monoisotopic (exact) mass is 312 g/mol. The van der Waals surface area contributed by atoms with Gasteiger partial charge in [-0.2, -0.15) is 0 Å². The molecule has 2 rings (SSSR count). The topological polar surface area (TPSA) is 76.0 Å². The van der Waals surface area contributed by atoms with Crippen LogP contribution in [0.5, 0.6) is 0 Å². The number of aliphatic hydroxyl groups excluding tert-OH is 1. The maximum Gasteiger partial charge on any atom is 0.305 e. The van der Waals surface area contributed by atoms with E-state index in [1.165, 1.54) is 0 Å². The van der Waals surface area contributed by atoms with E-state index in [9.17, 15) is 9.90 Å². The maximum atomic E-state index is 10.5. The minimum Gasteiger partial charge on any atom is -0.481 e. The van der Waals surface area contributed by atoms with Gasteiger partial charge >= 0.3 is 5.97 Å². The van der Waals surface area contributed by atoms with Crippen LogP contribution in [-0.2, 0) is 14.3 Å². The number of aliphatic hydroxyl groups is 1. The molecule has 0 radical (unpaired) electrons. The molecule has 5 atom stereocenters. The van der Waals surface area contributed by atoms with Gasteiger partial charge in [-0.05, 0) is 19.3 Å². The summed E-state index contributed by atoms with van der Waals surface area (Å²) in [5.41, 5.74) is 0. The molecule has 0 aromatic heterocycles. The molecule has 2 bridgehead atoms. The lowest BCUT2D eigenvalue weighted by Gasteiger charge is -2.25. The number of carbonyl (C=O) groups is 1. The second-order valence-electron chi connectivity index (χ2n) is 6.34. The normalized spacial score (nSPS) is 31.9. The molecule has 0 aliphatic carbocycles. The van der Waals surface area contributed by atoms with E-state index in [4.69, 9.17) is 14.6 Å². The van der Waals surface area contributed by atoms with Crippen LogP contribution in [0.1, 0.15) is 45.4 Å². The molecule has 5 heteroatoms. The Labute approximate surface area is 132 Å². The van der Waals surface area contributed by atoms with E-state index in [1.54, 1.807) is 0 Å². The molecule has 0 aromatic carbocycles. The number of rotatable bonds is 10. The first kappa shape index (κ1) is 17.4. The van der Waals surface area contributed by atoms with E-state index in [0.29, 0.717) is 6.61 Å². The molecule has 2 saturated heterocycles. The Morgan fingerprint density at radius 1 is 1.41 bits per heavy atom. The van der Waals surface area contributed by atoms with Gasteiger partial charge < -0.3 is 19.7 Å². The molecule has 0 aromatic rings. The Morgan fingerprint density at radius 3 is 2.91 bits per heavy atom. The number of carboxylic acids is 1. The summed E-state index contributed by atoms with van der Waals surface area (Å²) < 4.78 is 11.5. The van der Waals surface area contributed by atoms with Gasteiger partial charge in [0.25, 0.3) is 0 Å². The number of hydrogen-bond acceptors (Lipinski definition) is 4. The number of aliphatic carboxylic acids is 1. The molecule has 22 heavy (non-hydrogen) atoms. The van der Waals surface area contributed by atoms with Gasteiger partial charge in [-0.1, -0.05) is 31.9 Å². The number of fused-ring (bicyclic) bond motifs is 2. The van der Waals surface area contributed by atoms with Crippen molar-refractivity contribution < 1.29 is 24.5 Å². The highest BCUT2D eigenvalue weighted by molar-refractivity contribution is 5.66. The fourth-order valence-electron chi connectivity index (χ4n) is 3.44. The van der Waals surface area contributed by atoms with Crippen molar-refractivity contribution in [1.29, 1.82) is 0 Å². The van der Waals surface area contributed by atoms with E-state index < -0.39 is 5.97 Å². The van der Waals surface area contributed by atoms with Gasteiger partial charge in [0.05, 0.1) is 37.9 Å². The molecule has 5 nitrogen and oxygen atoms in total. The second kappa shape index (κ2) is 8.65. The average molecular weight is 312 g/mol. The van der Waals surface area contributed by atoms with Crippen LogP contribution in [0.4, 0.5) is 0 Å². The molecule has 1 unspecified atom stereocenters. The molecule has 2 aliphatic rings. The minimum absolute atomic E-state index is 0.0396. The van der Waals surface area contributed by atoms with Crippen molar-refractivity contribution in [3.8, 4) is 0 Å². The maximum absolute atomic E-state index is 10.5. The SMILES string of the molecule is CCCCC(O)C=C[C@@H]1[C@H](COCCC(=O)O)[C@@H]2CC[C@H]1O2. The summed E-state index contributed by atoms with van der Waals surface area (Å²) in [5, 5.41) is 18.6. The summed E-state index contributed by atoms with van der Waals surface area (Å²) in [7, 11) is 0. The zero-order chi connectivity index (χ0) is 15.9. The number of ether oxygens (including phenoxy) is 2. The minimum atomic E-state index is -0.834. The van der Waals surface area contributed by atoms with Crippen molar-refractivity contribution in [2.75, 3.05) is 13.2 Å². The van der Waals surface area contributed by atoms with Crippen molar-refractivity contribution in [1.82, 2.24) is 0 Å². The highest BCUT2D eigenvalue weighted by Crippen LogP contribution is 2.44. The standard InChI is InChI=1S/C17H28O5/c1-2-3-4-12(18)5-6-13-14(11-21-10-9-17(19)20)16-8-7-15(13)22-16/h5-6,12-16,18H,2-4,7-11H2,1H3,(H,19,20)/t12?,13-,14+,15-,16+/m1/s1. The number of carboxylic acid groups (broad SMARTS) is 1. The van der Waals surface area contributed by atoms with Gasteiger partial charge in [0.2, 0.25) is 0 Å². The van der Waals surface area contributed by atoms with Gasteiger partial charge in [-0.15, -0.1) is 0 Å². The van der Waals surface area contributed by atoms with E-state index in [-0.39, 0.29) is 43.2 Å². The Balaban J connectivity index is 1.82. The fraction of sp³-hybridized carbons (Fsp3) is 0.824. The lowest BCUT2D eigenvalue weighted by atomic mass is 9.79. The highest BCUT2D eigenvalue weighted by Gasteiger charge is 2.47. The average Bonchev–Trinajstić information content (AvgIpc) is 3.08. The van der Waals surface area contributed by atoms with Crippen molar-refractivity contribution in [2.24, 2.45) is 11.8 Å². The molecule has 2 fully saturated rings. The van der Waals surface area contributed by atoms with E-state index in [0.717, 1.165) is 32.1 Å². The summed E-state index contributed by atoms with van der Waals surface area (Å²) in [6.07, 6.45) is 9.13. The molecular weight excluding hydrogens is 284 g/mol. The summed E-state index contributed by atoms with van der Waals surface area (Å²) in [5.74, 6) is -0.276. The van der Waals surface area contributed by atoms with E-state index in [1.807, 2.05) is 6.08 Å². The summed E-state index contributed by atoms with van der Waals surface area (Å²) in [4.78, 5) is 10.5. The fourth-order valence-corrected chi connectivity index (χ4v) is 3.44. The van der Waals surface area contributed by atoms with Crippen LogP contribution >= 0.6 is 0 Å². The lowest BCUT2D eigenvalue weighted by Crippen LogP contribution is -2.30. The first-order valence-electron chi connectivity index (χ1n) is 8.43. The molecule has 2 N–H and O–H groups in total. The lowest BCUT2D eigenvalue weighted by molar-refractivity contribution is -0.138. The van der Waals surface area contributed by atoms with E-state index >= 15 is 0 Å². The van der Waals surface area contributed by atoms with Gasteiger partial charge in [0.1, 0.15) is 0 Å². The molecular formula is C17H28O5. The van der Waals surface area contributed by atoms with Crippen LogP contribution in [-0.4, -0.2) is 47.7 Å². The van der Waals surface area contributed by atoms with Gasteiger partial charge in [0, 0.05) is 11.8 Å². The summed E-state index contributed by atoms with van der Waals surface area (Å²) in [6, 6.07) is 0. The van der Waals surface area contributed by atoms with Crippen LogP contribution < -0.4 is 0 Å². The van der Waals surface area contributed by atoms with Gasteiger partial charge in [-0.3, -0.25) is 4.79 Å². The van der Waals surface area contributed by atoms with Gasteiger partial charge in [0.15, 0.2) is 0 Å². The van der Waals surface area contributed by atoms with Crippen LogP contribution in [0, 0.1) is 11.8 Å². The third-order valence-corrected chi connectivity index (χ3v) is 4.67. The smallest absolute Gasteiger partial charge is 0.305 e. The molecule has 2 heterocycles. The van der Waals surface area contributed by atoms with Crippen molar-refractivity contribution in [2.45, 2.75) is 63.8 Å². The number of hydrogen-bond donors (Lipinski definition) is 2. The summed E-state index contributed by atoms with van der Waals surface area (Å²) in [6.45, 7) is 2.90. The molecule has 0 saturated carbocycles. The summed E-state index contributed by atoms with van der Waals surface area (Å²) >= 11 is 0. The van der Waals surface area contributed by atoms with Crippen LogP contribution in [0.15, 0.2) is 12.2 Å². The quantitative estimate of drug-likeness (QED) is 0.478. The first-order chi connectivity index (χ1) is 10.6. The largest absolute Gasteiger partial charge is 0.481 e. The van der Waals surface area contributed by atoms with Crippen molar-refractivity contribution >= 4 is 5.97 Å². The van der Waals surface area contributed by atoms with Crippen molar-refractivity contribution in [3.63, 3.8) is 0 Å². The molecule has 126 valence electrons. The third kappa shape index (κ3) is 4.80. The Morgan fingerprint density at radius 2 is 2.18 bits per heavy atom. The van der Waals surface area contributed by atoms with Crippen molar-refractivity contribution in [3.05, 3.63) is 12.2 Å². The first-order valence-corrected chi connectivity index (χ1v) is 8.43. The number of unbranched alkanes of at least 4 members (excludes halogenated alkanes) is 1. The van der Waals surface area contributed by atoms with Crippen LogP contribution in [0.3, 0.4) is 0 Å². The highest BCUT2D eigenvalue weighted by atomic mass is 16.5. The van der Waals surface area contributed by atoms with Crippen LogP contribution in [0.25, 0.3) is 0 Å². The molecule has 0 spiro atoms. The third-order valence-electron chi connectivity index (χ3n) is 4.67. The zero-order valence-corrected chi connectivity index (χ0v) is 13.3. The predicted molar refractivity (Wildman–Crippen MR) is 82.6 cm³/mol. The van der Waals surface area contributed by atoms with Crippen LogP contribution in [0.2, 0.25) is 0 Å². The zero-order valence-electron chi connectivity index (χ0n) is 13.3.